The second kappa shape index (κ2) is 13.7. The zero-order chi connectivity index (χ0) is 18.5. The molecule has 138 valence electrons. The van der Waals surface area contributed by atoms with Crippen molar-refractivity contribution in [3.05, 3.63) is 0 Å². The highest BCUT2D eigenvalue weighted by Gasteiger charge is 2.32. The molecule has 0 aliphatic carbocycles. The van der Waals surface area contributed by atoms with Gasteiger partial charge in [-0.05, 0) is 39.5 Å². The van der Waals surface area contributed by atoms with Crippen molar-refractivity contribution in [3.8, 4) is 0 Å². The van der Waals surface area contributed by atoms with E-state index in [-0.39, 0.29) is 5.91 Å². The minimum atomic E-state index is -0.814. The molecule has 7 heteroatoms. The number of halogens is 1. The van der Waals surface area contributed by atoms with Gasteiger partial charge < -0.3 is 17.2 Å². The van der Waals surface area contributed by atoms with Crippen LogP contribution < -0.4 is 22.5 Å². The molecule has 0 aliphatic heterocycles. The van der Waals surface area contributed by atoms with Gasteiger partial charge in [0.2, 0.25) is 5.91 Å². The molecule has 0 saturated heterocycles. The molecule has 0 heterocycles. The summed E-state index contributed by atoms with van der Waals surface area (Å²) >= 11 is 3.26. The lowest BCUT2D eigenvalue weighted by molar-refractivity contribution is -0.122. The summed E-state index contributed by atoms with van der Waals surface area (Å²) in [5, 5.41) is 2.04. The van der Waals surface area contributed by atoms with Gasteiger partial charge >= 0.3 is 6.03 Å². The van der Waals surface area contributed by atoms with Crippen LogP contribution in [0.25, 0.3) is 0 Å². The molecule has 2 atom stereocenters. The van der Waals surface area contributed by atoms with Gasteiger partial charge in [0.1, 0.15) is 4.32 Å². The second-order valence-electron chi connectivity index (χ2n) is 6.08. The largest absolute Gasteiger partial charge is 0.351 e. The summed E-state index contributed by atoms with van der Waals surface area (Å²) < 4.78 is -0.665. The molecule has 0 unspecified atom stereocenters. The monoisotopic (exact) mass is 394 g/mol. The molecule has 0 radical (unpaired) electrons. The molecule has 6 nitrogen and oxygen atoms in total. The van der Waals surface area contributed by atoms with Crippen LogP contribution in [0.2, 0.25) is 0 Å². The maximum absolute atomic E-state index is 11.3. The van der Waals surface area contributed by atoms with Crippen LogP contribution in [0.5, 0.6) is 0 Å². The van der Waals surface area contributed by atoms with Crippen molar-refractivity contribution in [1.29, 1.82) is 0 Å². The number of hydrogen-bond acceptors (Lipinski definition) is 4. The van der Waals surface area contributed by atoms with E-state index >= 15 is 0 Å². The van der Waals surface area contributed by atoms with Crippen molar-refractivity contribution in [3.63, 3.8) is 0 Å². The molecular formula is C16H35BrN4O2. The maximum Gasteiger partial charge on any atom is 0.318 e. The van der Waals surface area contributed by atoms with E-state index in [1.165, 1.54) is 19.3 Å². The smallest absolute Gasteiger partial charge is 0.318 e. The van der Waals surface area contributed by atoms with E-state index in [4.69, 9.17) is 17.2 Å². The van der Waals surface area contributed by atoms with E-state index in [0.717, 1.165) is 12.8 Å². The number of nitrogens with one attached hydrogen (secondary N) is 1. The van der Waals surface area contributed by atoms with Crippen LogP contribution in [0, 0.1) is 0 Å². The molecular weight excluding hydrogens is 360 g/mol. The fraction of sp³-hybridized carbons (Fsp3) is 0.875. The topological polar surface area (TPSA) is 124 Å². The third kappa shape index (κ3) is 14.7. The average molecular weight is 395 g/mol. The molecule has 23 heavy (non-hydrogen) atoms. The van der Waals surface area contributed by atoms with Crippen molar-refractivity contribution in [2.24, 2.45) is 17.2 Å². The Morgan fingerprint density at radius 1 is 1.00 bits per heavy atom. The molecule has 0 fully saturated rings. The first-order valence-corrected chi connectivity index (χ1v) is 9.19. The SMILES string of the molecule is CCC(Br)(CC)C(=O)NC(N)=O.C[C@H](N)CCCCC[C@H](C)N. The lowest BCUT2D eigenvalue weighted by Crippen LogP contribution is -2.46. The summed E-state index contributed by atoms with van der Waals surface area (Å²) in [6.45, 7) is 7.84. The van der Waals surface area contributed by atoms with E-state index in [0.29, 0.717) is 24.9 Å². The quantitative estimate of drug-likeness (QED) is 0.354. The lowest BCUT2D eigenvalue weighted by atomic mass is 10.0. The van der Waals surface area contributed by atoms with Gasteiger partial charge in [-0.1, -0.05) is 49.0 Å². The number of nitrogens with two attached hydrogens (primary N) is 3. The van der Waals surface area contributed by atoms with Crippen LogP contribution in [0.3, 0.4) is 0 Å². The molecule has 0 aliphatic rings. The fourth-order valence-electron chi connectivity index (χ4n) is 1.90. The predicted octanol–water partition coefficient (Wildman–Crippen LogP) is 2.77. The standard InChI is InChI=1S/C9H22N2.C7H13BrN2O2/c1-8(10)6-4-3-5-7-9(2)11;1-3-7(8,4-2)5(11)10-6(9)12/h8-9H,3-7,10-11H2,1-2H3;3-4H2,1-2H3,(H3,9,10,11,12)/t8-,9-;/m0./s1. The maximum atomic E-state index is 11.3. The summed E-state index contributed by atoms with van der Waals surface area (Å²) in [7, 11) is 0. The highest BCUT2D eigenvalue weighted by molar-refractivity contribution is 9.10. The average Bonchev–Trinajstić information content (AvgIpc) is 2.45. The van der Waals surface area contributed by atoms with Crippen LogP contribution in [-0.2, 0) is 4.79 Å². The molecule has 0 saturated carbocycles. The Morgan fingerprint density at radius 3 is 1.65 bits per heavy atom. The van der Waals surface area contributed by atoms with E-state index in [1.807, 2.05) is 19.2 Å². The number of primary amides is 1. The van der Waals surface area contributed by atoms with Crippen molar-refractivity contribution in [2.45, 2.75) is 89.0 Å². The van der Waals surface area contributed by atoms with Gasteiger partial charge in [-0.25, -0.2) is 4.79 Å². The normalized spacial score (nSPS) is 13.5. The van der Waals surface area contributed by atoms with Crippen LogP contribution in [0.4, 0.5) is 4.79 Å². The Balaban J connectivity index is 0. The van der Waals surface area contributed by atoms with Gasteiger partial charge in [-0.2, -0.15) is 0 Å². The van der Waals surface area contributed by atoms with Crippen LogP contribution >= 0.6 is 15.9 Å². The Labute approximate surface area is 149 Å². The highest BCUT2D eigenvalue weighted by Crippen LogP contribution is 2.26. The van der Waals surface area contributed by atoms with E-state index in [1.54, 1.807) is 0 Å². The van der Waals surface area contributed by atoms with Gasteiger partial charge in [0.05, 0.1) is 0 Å². The van der Waals surface area contributed by atoms with Crippen LogP contribution in [-0.4, -0.2) is 28.3 Å². The lowest BCUT2D eigenvalue weighted by Gasteiger charge is -2.21. The highest BCUT2D eigenvalue weighted by atomic mass is 79.9. The zero-order valence-electron chi connectivity index (χ0n) is 15.0. The van der Waals surface area contributed by atoms with Gasteiger partial charge in [-0.3, -0.25) is 10.1 Å². The number of rotatable bonds is 9. The molecule has 7 N–H and O–H groups in total. The number of amides is 3. The van der Waals surface area contributed by atoms with Crippen molar-refractivity contribution >= 4 is 27.9 Å². The number of unbranched alkanes of at least 4 members (excludes halogenated alkanes) is 2. The van der Waals surface area contributed by atoms with Crippen LogP contribution in [0.15, 0.2) is 0 Å². The summed E-state index contributed by atoms with van der Waals surface area (Å²) in [4.78, 5) is 21.6. The van der Waals surface area contributed by atoms with Gasteiger partial charge in [0, 0.05) is 12.1 Å². The minimum Gasteiger partial charge on any atom is -0.351 e. The molecule has 0 aromatic heterocycles. The van der Waals surface area contributed by atoms with Crippen LogP contribution in [0.1, 0.15) is 72.6 Å². The summed E-state index contributed by atoms with van der Waals surface area (Å²) in [6.07, 6.45) is 7.32. The number of imide groups is 1. The first-order chi connectivity index (χ1) is 10.6. The fourth-order valence-corrected chi connectivity index (χ4v) is 2.00. The molecule has 0 aromatic carbocycles. The third-order valence-electron chi connectivity index (χ3n) is 3.58. The van der Waals surface area contributed by atoms with Gasteiger partial charge in [0.25, 0.3) is 0 Å². The van der Waals surface area contributed by atoms with Crippen molar-refractivity contribution in [1.82, 2.24) is 5.32 Å². The number of alkyl halides is 1. The second-order valence-corrected chi connectivity index (χ2v) is 7.60. The number of carbonyl (C=O) groups excluding carboxylic acids is 2. The Kier molecular flexibility index (Phi) is 14.7. The molecule has 0 rings (SSSR count). The molecule has 0 aromatic rings. The number of hydrogen-bond donors (Lipinski definition) is 4. The Hall–Kier alpha value is -0.660. The summed E-state index contributed by atoms with van der Waals surface area (Å²) in [5.74, 6) is -0.375. The minimum absolute atomic E-state index is 0.366. The van der Waals surface area contributed by atoms with E-state index in [9.17, 15) is 9.59 Å². The van der Waals surface area contributed by atoms with E-state index < -0.39 is 10.4 Å². The summed E-state index contributed by atoms with van der Waals surface area (Å²) in [5.41, 5.74) is 16.0. The summed E-state index contributed by atoms with van der Waals surface area (Å²) in [6, 6.07) is -0.0821. The third-order valence-corrected chi connectivity index (χ3v) is 5.07. The Bertz CT molecular complexity index is 322. The molecule has 0 spiro atoms. The van der Waals surface area contributed by atoms with Crippen molar-refractivity contribution < 1.29 is 9.59 Å². The predicted molar refractivity (Wildman–Crippen MR) is 100 cm³/mol. The number of urea groups is 1. The molecule has 0 bridgehead atoms. The Morgan fingerprint density at radius 2 is 1.39 bits per heavy atom. The van der Waals surface area contributed by atoms with E-state index in [2.05, 4.69) is 29.8 Å². The zero-order valence-corrected chi connectivity index (χ0v) is 16.6. The van der Waals surface area contributed by atoms with Gasteiger partial charge in [-0.15, -0.1) is 0 Å². The number of carbonyl (C=O) groups is 2. The van der Waals surface area contributed by atoms with Gasteiger partial charge in [0.15, 0.2) is 0 Å². The molecule has 3 amide bonds. The first-order valence-electron chi connectivity index (χ1n) is 8.40. The van der Waals surface area contributed by atoms with Crippen molar-refractivity contribution in [2.75, 3.05) is 0 Å². The first kappa shape index (κ1) is 24.6.